The lowest BCUT2D eigenvalue weighted by molar-refractivity contribution is -0.402. The SMILES string of the molecule is O=[N+]([O-])c1ccc(CNCc2ccncn2)o1. The van der Waals surface area contributed by atoms with E-state index in [9.17, 15) is 10.1 Å². The Labute approximate surface area is 96.7 Å². The van der Waals surface area contributed by atoms with E-state index in [1.165, 1.54) is 12.4 Å². The predicted octanol–water partition coefficient (Wildman–Crippen LogP) is 1.27. The van der Waals surface area contributed by atoms with E-state index >= 15 is 0 Å². The smallest absolute Gasteiger partial charge is 0.404 e. The van der Waals surface area contributed by atoms with Crippen LogP contribution in [0.15, 0.2) is 35.1 Å². The first-order valence-electron chi connectivity index (χ1n) is 4.94. The molecule has 88 valence electrons. The number of hydrogen-bond donors (Lipinski definition) is 1. The van der Waals surface area contributed by atoms with Crippen molar-refractivity contribution in [3.63, 3.8) is 0 Å². The van der Waals surface area contributed by atoms with Gasteiger partial charge in [-0.05, 0) is 12.1 Å². The zero-order valence-corrected chi connectivity index (χ0v) is 8.87. The average molecular weight is 234 g/mol. The molecule has 2 aromatic rings. The first-order valence-corrected chi connectivity index (χ1v) is 4.94. The lowest BCUT2D eigenvalue weighted by atomic mass is 10.4. The molecule has 1 N–H and O–H groups in total. The second-order valence-corrected chi connectivity index (χ2v) is 3.30. The maximum Gasteiger partial charge on any atom is 0.433 e. The van der Waals surface area contributed by atoms with Gasteiger partial charge < -0.3 is 9.73 Å². The third kappa shape index (κ3) is 3.08. The maximum atomic E-state index is 10.4. The van der Waals surface area contributed by atoms with E-state index in [0.29, 0.717) is 18.8 Å². The standard InChI is InChI=1S/C10H10N4O3/c15-14(16)10-2-1-9(17-10)6-12-5-8-3-4-11-7-13-8/h1-4,7,12H,5-6H2. The molecule has 2 rings (SSSR count). The molecule has 0 aliphatic carbocycles. The van der Waals surface area contributed by atoms with Crippen LogP contribution in [0.5, 0.6) is 0 Å². The number of rotatable bonds is 5. The van der Waals surface area contributed by atoms with Crippen molar-refractivity contribution in [3.8, 4) is 0 Å². The summed E-state index contributed by atoms with van der Waals surface area (Å²) in [4.78, 5) is 17.7. The molecule has 0 amide bonds. The van der Waals surface area contributed by atoms with Gasteiger partial charge in [0.15, 0.2) is 0 Å². The minimum Gasteiger partial charge on any atom is -0.404 e. The summed E-state index contributed by atoms with van der Waals surface area (Å²) in [6.07, 6.45) is 3.12. The van der Waals surface area contributed by atoms with Gasteiger partial charge in [-0.3, -0.25) is 10.1 Å². The molecule has 2 heterocycles. The van der Waals surface area contributed by atoms with Gasteiger partial charge in [-0.1, -0.05) is 0 Å². The Balaban J connectivity index is 1.84. The summed E-state index contributed by atoms with van der Waals surface area (Å²) in [5.74, 6) is 0.273. The Bertz CT molecular complexity index is 497. The summed E-state index contributed by atoms with van der Waals surface area (Å²) in [5.41, 5.74) is 0.848. The van der Waals surface area contributed by atoms with Crippen molar-refractivity contribution in [2.24, 2.45) is 0 Å². The zero-order chi connectivity index (χ0) is 12.1. The summed E-state index contributed by atoms with van der Waals surface area (Å²) < 4.78 is 4.99. The molecular formula is C10H10N4O3. The van der Waals surface area contributed by atoms with Gasteiger partial charge in [0.1, 0.15) is 17.0 Å². The largest absolute Gasteiger partial charge is 0.433 e. The van der Waals surface area contributed by atoms with Gasteiger partial charge in [-0.2, -0.15) is 0 Å². The van der Waals surface area contributed by atoms with Crippen molar-refractivity contribution in [1.29, 1.82) is 0 Å². The first-order chi connectivity index (χ1) is 8.25. The van der Waals surface area contributed by atoms with Crippen LogP contribution in [0.25, 0.3) is 0 Å². The molecule has 0 bridgehead atoms. The molecule has 0 saturated heterocycles. The van der Waals surface area contributed by atoms with Crippen LogP contribution in [-0.4, -0.2) is 14.9 Å². The molecule has 17 heavy (non-hydrogen) atoms. The van der Waals surface area contributed by atoms with Gasteiger partial charge in [-0.25, -0.2) is 9.97 Å². The monoisotopic (exact) mass is 234 g/mol. The molecule has 0 atom stereocenters. The van der Waals surface area contributed by atoms with Crippen LogP contribution < -0.4 is 5.32 Å². The molecule has 0 saturated carbocycles. The molecule has 0 aromatic carbocycles. The van der Waals surface area contributed by atoms with Crippen LogP contribution >= 0.6 is 0 Å². The number of hydrogen-bond acceptors (Lipinski definition) is 6. The van der Waals surface area contributed by atoms with E-state index in [1.807, 2.05) is 0 Å². The Hall–Kier alpha value is -2.28. The lowest BCUT2D eigenvalue weighted by Gasteiger charge is -2.00. The number of furan rings is 1. The third-order valence-corrected chi connectivity index (χ3v) is 2.08. The molecule has 7 heteroatoms. The van der Waals surface area contributed by atoms with Gasteiger partial charge in [-0.15, -0.1) is 0 Å². The van der Waals surface area contributed by atoms with E-state index in [0.717, 1.165) is 5.69 Å². The highest BCUT2D eigenvalue weighted by molar-refractivity contribution is 5.17. The molecule has 0 unspecified atom stereocenters. The van der Waals surface area contributed by atoms with Crippen molar-refractivity contribution >= 4 is 5.88 Å². The maximum absolute atomic E-state index is 10.4. The van der Waals surface area contributed by atoms with Crippen LogP contribution in [0.1, 0.15) is 11.5 Å². The van der Waals surface area contributed by atoms with Crippen molar-refractivity contribution in [1.82, 2.24) is 15.3 Å². The molecule has 0 fully saturated rings. The Morgan fingerprint density at radius 1 is 1.35 bits per heavy atom. The molecular weight excluding hydrogens is 224 g/mol. The molecule has 0 radical (unpaired) electrons. The fourth-order valence-corrected chi connectivity index (χ4v) is 1.30. The molecule has 7 nitrogen and oxygen atoms in total. The summed E-state index contributed by atoms with van der Waals surface area (Å²) >= 11 is 0. The van der Waals surface area contributed by atoms with Crippen LogP contribution in [0.4, 0.5) is 5.88 Å². The third-order valence-electron chi connectivity index (χ3n) is 2.08. The highest BCUT2D eigenvalue weighted by Gasteiger charge is 2.11. The predicted molar refractivity (Wildman–Crippen MR) is 57.9 cm³/mol. The minimum absolute atomic E-state index is 0.246. The van der Waals surface area contributed by atoms with E-state index < -0.39 is 4.92 Å². The van der Waals surface area contributed by atoms with Crippen LogP contribution in [0.2, 0.25) is 0 Å². The van der Waals surface area contributed by atoms with E-state index in [4.69, 9.17) is 4.42 Å². The Kier molecular flexibility index (Phi) is 3.41. The topological polar surface area (TPSA) is 94.1 Å². The lowest BCUT2D eigenvalue weighted by Crippen LogP contribution is -2.13. The normalized spacial score (nSPS) is 10.4. The summed E-state index contributed by atoms with van der Waals surface area (Å²) in [7, 11) is 0. The Morgan fingerprint density at radius 2 is 2.24 bits per heavy atom. The van der Waals surface area contributed by atoms with Crippen LogP contribution in [-0.2, 0) is 13.1 Å². The van der Waals surface area contributed by atoms with Crippen molar-refractivity contribution < 1.29 is 9.34 Å². The highest BCUT2D eigenvalue weighted by Crippen LogP contribution is 2.15. The van der Waals surface area contributed by atoms with Gasteiger partial charge in [0, 0.05) is 12.7 Å². The van der Waals surface area contributed by atoms with E-state index in [-0.39, 0.29) is 5.88 Å². The quantitative estimate of drug-likeness (QED) is 0.618. The van der Waals surface area contributed by atoms with Gasteiger partial charge >= 0.3 is 5.88 Å². The number of nitrogens with zero attached hydrogens (tertiary/aromatic N) is 3. The first kappa shape index (κ1) is 11.2. The van der Waals surface area contributed by atoms with Gasteiger partial charge in [0.25, 0.3) is 0 Å². The van der Waals surface area contributed by atoms with Gasteiger partial charge in [0.05, 0.1) is 18.3 Å². The molecule has 0 spiro atoms. The van der Waals surface area contributed by atoms with Crippen molar-refractivity contribution in [2.45, 2.75) is 13.1 Å². The summed E-state index contributed by atoms with van der Waals surface area (Å²) in [6.45, 7) is 0.967. The zero-order valence-electron chi connectivity index (χ0n) is 8.87. The van der Waals surface area contributed by atoms with Crippen LogP contribution in [0, 0.1) is 10.1 Å². The molecule has 0 aliphatic heterocycles. The molecule has 0 aliphatic rings. The van der Waals surface area contributed by atoms with E-state index in [1.54, 1.807) is 18.3 Å². The van der Waals surface area contributed by atoms with E-state index in [2.05, 4.69) is 15.3 Å². The molecule has 2 aromatic heterocycles. The second kappa shape index (κ2) is 5.17. The average Bonchev–Trinajstić information content (AvgIpc) is 2.79. The fourth-order valence-electron chi connectivity index (χ4n) is 1.30. The van der Waals surface area contributed by atoms with Gasteiger partial charge in [0.2, 0.25) is 0 Å². The summed E-state index contributed by atoms with van der Waals surface area (Å²) in [5, 5.41) is 13.4. The van der Waals surface area contributed by atoms with Crippen LogP contribution in [0.3, 0.4) is 0 Å². The summed E-state index contributed by atoms with van der Waals surface area (Å²) in [6, 6.07) is 4.70. The Morgan fingerprint density at radius 3 is 2.88 bits per heavy atom. The number of nitrogens with one attached hydrogen (secondary N) is 1. The second-order valence-electron chi connectivity index (χ2n) is 3.30. The van der Waals surface area contributed by atoms with Crippen molar-refractivity contribution in [2.75, 3.05) is 0 Å². The van der Waals surface area contributed by atoms with Crippen molar-refractivity contribution in [3.05, 3.63) is 52.3 Å². The highest BCUT2D eigenvalue weighted by atomic mass is 16.6. The minimum atomic E-state index is -0.562. The number of nitro groups is 1. The number of aromatic nitrogens is 2. The fraction of sp³-hybridized carbons (Fsp3) is 0.200.